The van der Waals surface area contributed by atoms with Gasteiger partial charge in [-0.2, -0.15) is 0 Å². The summed E-state index contributed by atoms with van der Waals surface area (Å²) >= 11 is 6.72. The molecular formula is C42H37ClN2O8. The predicted octanol–water partition coefficient (Wildman–Crippen LogP) is 8.54. The summed E-state index contributed by atoms with van der Waals surface area (Å²) in [6.07, 6.45) is 1.36. The second-order valence-electron chi connectivity index (χ2n) is 11.8. The molecule has 10 nitrogen and oxygen atoms in total. The van der Waals surface area contributed by atoms with Crippen molar-refractivity contribution in [3.05, 3.63) is 148 Å². The van der Waals surface area contributed by atoms with Crippen LogP contribution in [0, 0.1) is 0 Å². The molecule has 1 aliphatic rings. The molecule has 11 heteroatoms. The average Bonchev–Trinajstić information content (AvgIpc) is 3.16. The maximum atomic E-state index is 13.6. The smallest absolute Gasteiger partial charge is 0.335 e. The lowest BCUT2D eigenvalue weighted by atomic mass is 10.1. The first kappa shape index (κ1) is 36.5. The van der Waals surface area contributed by atoms with E-state index in [1.807, 2.05) is 92.7 Å². The third kappa shape index (κ3) is 9.16. The molecule has 1 saturated heterocycles. The van der Waals surface area contributed by atoms with Crippen molar-refractivity contribution >= 4 is 41.2 Å². The molecular weight excluding hydrogens is 696 g/mol. The second-order valence-corrected chi connectivity index (χ2v) is 12.2. The van der Waals surface area contributed by atoms with Gasteiger partial charge in [0.1, 0.15) is 31.1 Å². The summed E-state index contributed by atoms with van der Waals surface area (Å²) in [5.74, 6) is 0.692. The normalized spacial score (nSPS) is 13.5. The fourth-order valence-electron chi connectivity index (χ4n) is 5.49. The monoisotopic (exact) mass is 732 g/mol. The highest BCUT2D eigenvalue weighted by molar-refractivity contribution is 6.39. The Bertz CT molecular complexity index is 2100. The number of rotatable bonds is 15. The molecule has 0 radical (unpaired) electrons. The van der Waals surface area contributed by atoms with Crippen LogP contribution in [0.1, 0.15) is 36.1 Å². The van der Waals surface area contributed by atoms with Gasteiger partial charge in [-0.1, -0.05) is 78.3 Å². The van der Waals surface area contributed by atoms with E-state index >= 15 is 0 Å². The maximum absolute atomic E-state index is 13.6. The van der Waals surface area contributed by atoms with Crippen LogP contribution < -0.4 is 33.9 Å². The largest absolute Gasteiger partial charge is 0.490 e. The molecule has 270 valence electrons. The Hall–Kier alpha value is -6.26. The Morgan fingerprint density at radius 1 is 0.623 bits per heavy atom. The van der Waals surface area contributed by atoms with Gasteiger partial charge in [0.25, 0.3) is 11.8 Å². The van der Waals surface area contributed by atoms with Crippen LogP contribution in [0.25, 0.3) is 6.08 Å². The van der Waals surface area contributed by atoms with Crippen molar-refractivity contribution in [1.29, 1.82) is 0 Å². The summed E-state index contributed by atoms with van der Waals surface area (Å²) in [6.45, 7) is 5.34. The van der Waals surface area contributed by atoms with Gasteiger partial charge >= 0.3 is 6.03 Å². The molecule has 5 aromatic carbocycles. The molecule has 1 N–H and O–H groups in total. The number of barbiturate groups is 1. The van der Waals surface area contributed by atoms with Gasteiger partial charge in [-0.25, -0.2) is 9.69 Å². The molecule has 6 rings (SSSR count). The van der Waals surface area contributed by atoms with Crippen molar-refractivity contribution in [1.82, 2.24) is 5.32 Å². The lowest BCUT2D eigenvalue weighted by Crippen LogP contribution is -2.54. The van der Waals surface area contributed by atoms with Crippen LogP contribution in [0.3, 0.4) is 0 Å². The quantitative estimate of drug-likeness (QED) is 0.0842. The number of halogens is 1. The number of hydrogen-bond acceptors (Lipinski definition) is 8. The third-order valence-corrected chi connectivity index (χ3v) is 8.30. The van der Waals surface area contributed by atoms with E-state index in [0.29, 0.717) is 55.0 Å². The van der Waals surface area contributed by atoms with Crippen molar-refractivity contribution in [2.75, 3.05) is 18.1 Å². The minimum Gasteiger partial charge on any atom is -0.490 e. The summed E-state index contributed by atoms with van der Waals surface area (Å²) in [4.78, 5) is 40.3. The molecule has 1 aliphatic heterocycles. The van der Waals surface area contributed by atoms with E-state index in [1.165, 1.54) is 6.08 Å². The SMILES string of the molecule is CCOc1cc(COc2c(Cl)cc(/C=C3/C(=O)NC(=O)N(c4ccc(OCc5ccccc5)cc4)C3=O)cc2OCC)ccc1OCc1ccccc1. The molecule has 0 spiro atoms. The standard InChI is InChI=1S/C42H37ClN2O8/c1-3-49-37-23-30(15-20-36(37)52-26-29-13-9-6-10-14-29)27-53-39-35(43)22-31(24-38(39)50-4-2)21-34-40(46)44-42(48)45(41(34)47)32-16-18-33(19-17-32)51-25-28-11-7-5-8-12-28/h5-24H,3-4,25-27H2,1-2H3,(H,44,46,48)/b34-21-. The Balaban J connectivity index is 1.17. The number of anilines is 1. The molecule has 0 aromatic heterocycles. The van der Waals surface area contributed by atoms with Crippen LogP contribution in [-0.2, 0) is 29.4 Å². The van der Waals surface area contributed by atoms with Crippen LogP contribution in [0.2, 0.25) is 5.02 Å². The zero-order chi connectivity index (χ0) is 37.2. The molecule has 53 heavy (non-hydrogen) atoms. The number of amides is 4. The first-order valence-electron chi connectivity index (χ1n) is 17.0. The number of nitrogens with one attached hydrogen (secondary N) is 1. The number of nitrogens with zero attached hydrogens (tertiary/aromatic N) is 1. The van der Waals surface area contributed by atoms with Crippen molar-refractivity contribution in [3.8, 4) is 28.7 Å². The highest BCUT2D eigenvalue weighted by Gasteiger charge is 2.37. The van der Waals surface area contributed by atoms with Crippen LogP contribution >= 0.6 is 11.6 Å². The van der Waals surface area contributed by atoms with Gasteiger partial charge in [0.15, 0.2) is 23.0 Å². The topological polar surface area (TPSA) is 113 Å². The van der Waals surface area contributed by atoms with E-state index in [9.17, 15) is 14.4 Å². The Kier molecular flexibility index (Phi) is 11.9. The summed E-state index contributed by atoms with van der Waals surface area (Å²) in [5, 5.41) is 2.44. The summed E-state index contributed by atoms with van der Waals surface area (Å²) < 4.78 is 29.7. The van der Waals surface area contributed by atoms with Crippen molar-refractivity contribution < 1.29 is 38.1 Å². The van der Waals surface area contributed by atoms with Crippen LogP contribution in [0.15, 0.2) is 121 Å². The number of carbonyl (C=O) groups excluding carboxylic acids is 3. The third-order valence-electron chi connectivity index (χ3n) is 8.02. The Labute approximate surface area is 312 Å². The van der Waals surface area contributed by atoms with Gasteiger partial charge in [-0.05, 0) is 90.7 Å². The zero-order valence-corrected chi connectivity index (χ0v) is 29.9. The lowest BCUT2D eigenvalue weighted by Gasteiger charge is -2.26. The van der Waals surface area contributed by atoms with E-state index < -0.39 is 17.8 Å². The van der Waals surface area contributed by atoms with Crippen LogP contribution in [-0.4, -0.2) is 31.1 Å². The van der Waals surface area contributed by atoms with Gasteiger partial charge in [0.05, 0.1) is 23.9 Å². The summed E-state index contributed by atoms with van der Waals surface area (Å²) in [7, 11) is 0. The van der Waals surface area contributed by atoms with E-state index in [0.717, 1.165) is 21.6 Å². The molecule has 0 atom stereocenters. The fraction of sp³-hybridized carbons (Fsp3) is 0.167. The molecule has 5 aromatic rings. The van der Waals surface area contributed by atoms with Crippen LogP contribution in [0.4, 0.5) is 10.5 Å². The van der Waals surface area contributed by atoms with E-state index in [4.69, 9.17) is 35.3 Å². The van der Waals surface area contributed by atoms with Gasteiger partial charge in [0.2, 0.25) is 0 Å². The first-order chi connectivity index (χ1) is 25.8. The zero-order valence-electron chi connectivity index (χ0n) is 29.2. The molecule has 1 heterocycles. The molecule has 4 amide bonds. The lowest BCUT2D eigenvalue weighted by molar-refractivity contribution is -0.122. The predicted molar refractivity (Wildman–Crippen MR) is 202 cm³/mol. The van der Waals surface area contributed by atoms with Gasteiger partial charge in [-0.3, -0.25) is 14.9 Å². The highest BCUT2D eigenvalue weighted by atomic mass is 35.5. The molecule has 0 unspecified atom stereocenters. The number of urea groups is 1. The minimum absolute atomic E-state index is 0.132. The summed E-state index contributed by atoms with van der Waals surface area (Å²) in [6, 6.07) is 33.8. The molecule has 0 aliphatic carbocycles. The number of carbonyl (C=O) groups is 3. The van der Waals surface area contributed by atoms with Crippen molar-refractivity contribution in [3.63, 3.8) is 0 Å². The average molecular weight is 733 g/mol. The summed E-state index contributed by atoms with van der Waals surface area (Å²) in [5.41, 5.74) is 3.22. The van der Waals surface area contributed by atoms with E-state index in [2.05, 4.69) is 5.32 Å². The highest BCUT2D eigenvalue weighted by Crippen LogP contribution is 2.39. The Morgan fingerprint density at radius 3 is 1.91 bits per heavy atom. The second kappa shape index (κ2) is 17.3. The Morgan fingerprint density at radius 2 is 1.25 bits per heavy atom. The van der Waals surface area contributed by atoms with Gasteiger partial charge in [0, 0.05) is 0 Å². The number of imide groups is 2. The van der Waals surface area contributed by atoms with Gasteiger partial charge in [-0.15, -0.1) is 0 Å². The first-order valence-corrected chi connectivity index (χ1v) is 17.4. The molecule has 0 saturated carbocycles. The van der Waals surface area contributed by atoms with Crippen molar-refractivity contribution in [2.45, 2.75) is 33.7 Å². The van der Waals surface area contributed by atoms with Crippen molar-refractivity contribution in [2.24, 2.45) is 0 Å². The van der Waals surface area contributed by atoms with Gasteiger partial charge < -0.3 is 23.7 Å². The van der Waals surface area contributed by atoms with E-state index in [-0.39, 0.29) is 28.6 Å². The minimum atomic E-state index is -0.866. The number of hydrogen-bond donors (Lipinski definition) is 1. The molecule has 1 fully saturated rings. The molecule has 0 bridgehead atoms. The fourth-order valence-corrected chi connectivity index (χ4v) is 5.76. The number of ether oxygens (including phenoxy) is 5. The van der Waals surface area contributed by atoms with Crippen LogP contribution in [0.5, 0.6) is 28.7 Å². The number of benzene rings is 5. The van der Waals surface area contributed by atoms with E-state index in [1.54, 1.807) is 36.4 Å². The maximum Gasteiger partial charge on any atom is 0.335 e.